The Balaban J connectivity index is 1.95. The van der Waals surface area contributed by atoms with Gasteiger partial charge >= 0.3 is 0 Å². The van der Waals surface area contributed by atoms with Gasteiger partial charge in [-0.3, -0.25) is 0 Å². The molecule has 3 heteroatoms. The molecule has 0 atom stereocenters. The first-order chi connectivity index (χ1) is 3.91. The SMILES string of the molecule is C1CCS2(CC1)OO2. The van der Waals surface area contributed by atoms with E-state index in [1.54, 1.807) is 0 Å². The van der Waals surface area contributed by atoms with Gasteiger partial charge in [0.2, 0.25) is 0 Å². The van der Waals surface area contributed by atoms with Crippen molar-refractivity contribution in [2.75, 3.05) is 11.5 Å². The smallest absolute Gasteiger partial charge is 0.0438 e. The fourth-order valence-electron chi connectivity index (χ4n) is 1.10. The van der Waals surface area contributed by atoms with E-state index in [-0.39, 0.29) is 0 Å². The molecule has 0 aromatic rings. The third-order valence-electron chi connectivity index (χ3n) is 1.67. The van der Waals surface area contributed by atoms with Crippen LogP contribution < -0.4 is 0 Å². The second-order valence-corrected chi connectivity index (χ2v) is 4.92. The largest absolute Gasteiger partial charge is 0.127 e. The highest BCUT2D eigenvalue weighted by Gasteiger charge is 2.39. The first-order valence-corrected chi connectivity index (χ1v) is 4.90. The lowest BCUT2D eigenvalue weighted by Crippen LogP contribution is -2.02. The van der Waals surface area contributed by atoms with Crippen molar-refractivity contribution in [2.24, 2.45) is 0 Å². The summed E-state index contributed by atoms with van der Waals surface area (Å²) in [6, 6.07) is 0. The van der Waals surface area contributed by atoms with Gasteiger partial charge in [0, 0.05) is 11.5 Å². The maximum absolute atomic E-state index is 4.92. The van der Waals surface area contributed by atoms with Crippen molar-refractivity contribution >= 4 is 10.6 Å². The Kier molecular flexibility index (Phi) is 1.03. The lowest BCUT2D eigenvalue weighted by Gasteiger charge is -2.19. The molecule has 0 aromatic heterocycles. The summed E-state index contributed by atoms with van der Waals surface area (Å²) in [4.78, 5) is 0. The molecule has 0 aromatic carbocycles. The predicted octanol–water partition coefficient (Wildman–Crippen LogP) is 1.77. The van der Waals surface area contributed by atoms with Gasteiger partial charge in [0.15, 0.2) is 0 Å². The Bertz CT molecular complexity index is 92.6. The zero-order valence-corrected chi connectivity index (χ0v) is 5.58. The summed E-state index contributed by atoms with van der Waals surface area (Å²) in [6.45, 7) is 0. The minimum Gasteiger partial charge on any atom is -0.127 e. The first kappa shape index (κ1) is 5.09. The van der Waals surface area contributed by atoms with Crippen molar-refractivity contribution < 1.29 is 8.67 Å². The summed E-state index contributed by atoms with van der Waals surface area (Å²) in [5.41, 5.74) is 0. The van der Waals surface area contributed by atoms with Crippen molar-refractivity contribution in [1.82, 2.24) is 0 Å². The van der Waals surface area contributed by atoms with Crippen LogP contribution in [0.1, 0.15) is 19.3 Å². The molecular formula is C5H10O2S. The highest BCUT2D eigenvalue weighted by atomic mass is 32.3. The molecule has 2 rings (SSSR count). The lowest BCUT2D eigenvalue weighted by atomic mass is 10.3. The Morgan fingerprint density at radius 1 is 0.875 bits per heavy atom. The van der Waals surface area contributed by atoms with Gasteiger partial charge in [0.1, 0.15) is 0 Å². The van der Waals surface area contributed by atoms with E-state index in [1.165, 1.54) is 30.8 Å². The van der Waals surface area contributed by atoms with Gasteiger partial charge < -0.3 is 0 Å². The summed E-state index contributed by atoms with van der Waals surface area (Å²) in [6.07, 6.45) is 4.01. The van der Waals surface area contributed by atoms with Gasteiger partial charge in [-0.25, -0.2) is 0 Å². The predicted molar refractivity (Wildman–Crippen MR) is 33.3 cm³/mol. The van der Waals surface area contributed by atoms with E-state index >= 15 is 0 Å². The average Bonchev–Trinajstić information content (AvgIpc) is 2.52. The Hall–Kier alpha value is 0.270. The third-order valence-corrected chi connectivity index (χ3v) is 4.01. The monoisotopic (exact) mass is 134 g/mol. The van der Waals surface area contributed by atoms with Gasteiger partial charge in [-0.15, -0.1) is 19.3 Å². The van der Waals surface area contributed by atoms with Crippen molar-refractivity contribution in [1.29, 1.82) is 0 Å². The van der Waals surface area contributed by atoms with Crippen LogP contribution in [0, 0.1) is 0 Å². The van der Waals surface area contributed by atoms with Crippen LogP contribution in [0.5, 0.6) is 0 Å². The molecule has 0 bridgehead atoms. The fourth-order valence-corrected chi connectivity index (χ4v) is 3.18. The normalized spacial score (nSPS) is 37.0. The quantitative estimate of drug-likeness (QED) is 0.372. The first-order valence-electron chi connectivity index (χ1n) is 3.08. The molecular weight excluding hydrogens is 124 g/mol. The standard InChI is InChI=1S/C5H10O2S/c1-2-4-8(5-3-1)6-7-8/h1-5H2. The topological polar surface area (TPSA) is 25.1 Å². The van der Waals surface area contributed by atoms with Gasteiger partial charge in [0.25, 0.3) is 0 Å². The Morgan fingerprint density at radius 2 is 1.50 bits per heavy atom. The zero-order valence-electron chi connectivity index (χ0n) is 4.76. The van der Waals surface area contributed by atoms with Crippen LogP contribution >= 0.6 is 10.6 Å². The fraction of sp³-hybridized carbons (Fsp3) is 1.00. The summed E-state index contributed by atoms with van der Waals surface area (Å²) in [7, 11) is -0.833. The molecule has 2 aliphatic heterocycles. The minimum atomic E-state index is -0.833. The molecule has 2 fully saturated rings. The molecule has 8 heavy (non-hydrogen) atoms. The van der Waals surface area contributed by atoms with Crippen LogP contribution in [-0.2, 0) is 8.67 Å². The van der Waals surface area contributed by atoms with Crippen LogP contribution in [0.15, 0.2) is 0 Å². The second-order valence-electron chi connectivity index (χ2n) is 2.35. The van der Waals surface area contributed by atoms with E-state index in [4.69, 9.17) is 8.67 Å². The van der Waals surface area contributed by atoms with Gasteiger partial charge in [0.05, 0.1) is 0 Å². The van der Waals surface area contributed by atoms with Gasteiger partial charge in [-0.1, -0.05) is 6.42 Å². The van der Waals surface area contributed by atoms with Gasteiger partial charge in [-0.05, 0) is 12.8 Å². The number of hydrogen-bond donors (Lipinski definition) is 0. The molecule has 2 nitrogen and oxygen atoms in total. The maximum atomic E-state index is 4.92. The minimum absolute atomic E-state index is 0.833. The molecule has 48 valence electrons. The van der Waals surface area contributed by atoms with E-state index in [2.05, 4.69) is 0 Å². The van der Waals surface area contributed by atoms with E-state index in [0.29, 0.717) is 0 Å². The van der Waals surface area contributed by atoms with E-state index in [9.17, 15) is 0 Å². The van der Waals surface area contributed by atoms with Crippen molar-refractivity contribution in [3.05, 3.63) is 0 Å². The average molecular weight is 134 g/mol. The molecule has 0 aliphatic carbocycles. The summed E-state index contributed by atoms with van der Waals surface area (Å²) in [5.74, 6) is 2.40. The van der Waals surface area contributed by atoms with E-state index in [1.807, 2.05) is 0 Å². The molecule has 0 N–H and O–H groups in total. The Labute approximate surface area is 50.8 Å². The summed E-state index contributed by atoms with van der Waals surface area (Å²) in [5, 5.41) is 0. The molecule has 2 saturated heterocycles. The van der Waals surface area contributed by atoms with E-state index < -0.39 is 10.6 Å². The molecule has 1 spiro atoms. The van der Waals surface area contributed by atoms with Crippen LogP contribution in [0.2, 0.25) is 0 Å². The highest BCUT2D eigenvalue weighted by molar-refractivity contribution is 8.29. The highest BCUT2D eigenvalue weighted by Crippen LogP contribution is 2.67. The molecule has 0 unspecified atom stereocenters. The van der Waals surface area contributed by atoms with Crippen LogP contribution in [0.4, 0.5) is 0 Å². The van der Waals surface area contributed by atoms with Crippen molar-refractivity contribution in [3.8, 4) is 0 Å². The van der Waals surface area contributed by atoms with Crippen molar-refractivity contribution in [2.45, 2.75) is 19.3 Å². The molecule has 0 amide bonds. The van der Waals surface area contributed by atoms with Crippen LogP contribution in [0.25, 0.3) is 0 Å². The molecule has 2 aliphatic rings. The second kappa shape index (κ2) is 1.62. The van der Waals surface area contributed by atoms with Gasteiger partial charge in [-0.2, -0.15) is 0 Å². The Morgan fingerprint density at radius 3 is 1.88 bits per heavy atom. The molecule has 2 heterocycles. The maximum Gasteiger partial charge on any atom is 0.0438 e. The summed E-state index contributed by atoms with van der Waals surface area (Å²) < 4.78 is 9.84. The zero-order chi connectivity index (χ0) is 5.45. The van der Waals surface area contributed by atoms with Crippen molar-refractivity contribution in [3.63, 3.8) is 0 Å². The van der Waals surface area contributed by atoms with Crippen LogP contribution in [0.3, 0.4) is 0 Å². The third kappa shape index (κ3) is 0.747. The number of hydrogen-bond acceptors (Lipinski definition) is 2. The summed E-state index contributed by atoms with van der Waals surface area (Å²) >= 11 is 0. The molecule has 0 saturated carbocycles. The lowest BCUT2D eigenvalue weighted by molar-refractivity contribution is 0.0850. The van der Waals surface area contributed by atoms with E-state index in [0.717, 1.165) is 0 Å². The van der Waals surface area contributed by atoms with Crippen LogP contribution in [-0.4, -0.2) is 11.5 Å². The molecule has 0 radical (unpaired) electrons. The number of rotatable bonds is 0.